The predicted octanol–water partition coefficient (Wildman–Crippen LogP) is 5.88. The summed E-state index contributed by atoms with van der Waals surface area (Å²) >= 11 is 0. The molecule has 3 rings (SSSR count). The molecule has 1 amide bonds. The molecule has 2 aromatic carbocycles. The number of benzene rings is 2. The zero-order valence-electron chi connectivity index (χ0n) is 18.0. The van der Waals surface area contributed by atoms with E-state index in [9.17, 15) is 13.6 Å². The molecule has 0 saturated carbocycles. The molecule has 1 N–H and O–H groups in total. The molecule has 0 bridgehead atoms. The van der Waals surface area contributed by atoms with Gasteiger partial charge in [0.1, 0.15) is 11.6 Å². The molecular formula is C27H26F2N2O. The van der Waals surface area contributed by atoms with Gasteiger partial charge < -0.3 is 5.32 Å². The summed E-state index contributed by atoms with van der Waals surface area (Å²) in [5.41, 5.74) is 3.00. The number of carbonyl (C=O) groups excluding carboxylic acids is 1. The van der Waals surface area contributed by atoms with Crippen LogP contribution in [-0.4, -0.2) is 16.9 Å². The van der Waals surface area contributed by atoms with Crippen LogP contribution in [0.5, 0.6) is 0 Å². The van der Waals surface area contributed by atoms with Gasteiger partial charge in [-0.3, -0.25) is 9.78 Å². The summed E-state index contributed by atoms with van der Waals surface area (Å²) in [6.07, 6.45) is 11.0. The molecular weight excluding hydrogens is 406 g/mol. The lowest BCUT2D eigenvalue weighted by Crippen LogP contribution is -2.31. The minimum absolute atomic E-state index is 0.0266. The number of hydrogen-bond acceptors (Lipinski definition) is 2. The Morgan fingerprint density at radius 1 is 1.03 bits per heavy atom. The molecule has 1 atom stereocenters. The van der Waals surface area contributed by atoms with E-state index in [1.807, 2.05) is 25.3 Å². The van der Waals surface area contributed by atoms with Gasteiger partial charge in [-0.2, -0.15) is 0 Å². The van der Waals surface area contributed by atoms with Crippen LogP contribution < -0.4 is 5.32 Å². The molecule has 1 aromatic heterocycles. The topological polar surface area (TPSA) is 42.0 Å². The van der Waals surface area contributed by atoms with Crippen LogP contribution in [0.2, 0.25) is 0 Å². The van der Waals surface area contributed by atoms with Gasteiger partial charge in [-0.25, -0.2) is 8.78 Å². The first-order chi connectivity index (χ1) is 15.5. The van der Waals surface area contributed by atoms with Crippen LogP contribution in [-0.2, 0) is 11.2 Å². The highest BCUT2D eigenvalue weighted by Gasteiger charge is 2.08. The Balaban J connectivity index is 1.62. The first-order valence-electron chi connectivity index (χ1n) is 10.6. The number of allylic oxidation sites excluding steroid dienone is 2. The summed E-state index contributed by atoms with van der Waals surface area (Å²) in [5, 5.41) is 2.95. The molecule has 0 spiro atoms. The van der Waals surface area contributed by atoms with Crippen molar-refractivity contribution in [3.8, 4) is 0 Å². The molecule has 3 aromatic rings. The minimum Gasteiger partial charge on any atom is -0.350 e. The quantitative estimate of drug-likeness (QED) is 0.339. The molecule has 0 fully saturated rings. The van der Waals surface area contributed by atoms with Gasteiger partial charge in [0.2, 0.25) is 5.91 Å². The van der Waals surface area contributed by atoms with E-state index in [1.54, 1.807) is 42.6 Å². The number of pyridine rings is 1. The van der Waals surface area contributed by atoms with Gasteiger partial charge in [0.25, 0.3) is 0 Å². The first-order valence-corrected chi connectivity index (χ1v) is 10.6. The van der Waals surface area contributed by atoms with Crippen molar-refractivity contribution in [2.45, 2.75) is 32.2 Å². The van der Waals surface area contributed by atoms with E-state index < -0.39 is 0 Å². The highest BCUT2D eigenvalue weighted by molar-refractivity contribution is 5.89. The van der Waals surface area contributed by atoms with E-state index >= 15 is 0 Å². The maximum absolute atomic E-state index is 13.7. The number of aromatic nitrogens is 1. The predicted molar refractivity (Wildman–Crippen MR) is 124 cm³/mol. The lowest BCUT2D eigenvalue weighted by Gasteiger charge is -2.12. The van der Waals surface area contributed by atoms with Crippen LogP contribution in [0, 0.1) is 11.6 Å². The van der Waals surface area contributed by atoms with E-state index in [2.05, 4.69) is 10.3 Å². The number of carbonyl (C=O) groups is 1. The Kier molecular flexibility index (Phi) is 8.44. The van der Waals surface area contributed by atoms with E-state index in [4.69, 9.17) is 0 Å². The number of hydrogen-bond donors (Lipinski definition) is 1. The van der Waals surface area contributed by atoms with Gasteiger partial charge in [-0.05, 0) is 78.8 Å². The summed E-state index contributed by atoms with van der Waals surface area (Å²) in [6.45, 7) is 1.97. The van der Waals surface area contributed by atoms with Crippen molar-refractivity contribution < 1.29 is 13.6 Å². The lowest BCUT2D eigenvalue weighted by molar-refractivity contribution is -0.117. The Labute approximate surface area is 187 Å². The maximum atomic E-state index is 13.7. The van der Waals surface area contributed by atoms with Gasteiger partial charge in [-0.15, -0.1) is 0 Å². The summed E-state index contributed by atoms with van der Waals surface area (Å²) in [5.74, 6) is -0.980. The standard InChI is InChI=1S/C27H26F2N2O/c1-20(7-2-8-21-9-6-16-30-19-21)31-27(32)15-5-14-26(22-10-3-12-24(28)17-22)23-11-4-13-25(29)18-23/h3-6,9-20H,2,7-8H2,1H3,(H,31,32)/b15-5+/t20-/m0/s1. The molecule has 0 radical (unpaired) electrons. The number of amides is 1. The molecule has 164 valence electrons. The van der Waals surface area contributed by atoms with Crippen LogP contribution >= 0.6 is 0 Å². The average molecular weight is 433 g/mol. The fraction of sp³-hybridized carbons (Fsp3) is 0.185. The summed E-state index contributed by atoms with van der Waals surface area (Å²) in [4.78, 5) is 16.4. The van der Waals surface area contributed by atoms with E-state index in [-0.39, 0.29) is 23.6 Å². The summed E-state index contributed by atoms with van der Waals surface area (Å²) in [7, 11) is 0. The van der Waals surface area contributed by atoms with Crippen molar-refractivity contribution in [2.75, 3.05) is 0 Å². The van der Waals surface area contributed by atoms with Crippen LogP contribution in [0.1, 0.15) is 36.5 Å². The molecule has 0 saturated heterocycles. The Morgan fingerprint density at radius 3 is 2.31 bits per heavy atom. The van der Waals surface area contributed by atoms with Crippen LogP contribution in [0.25, 0.3) is 5.57 Å². The average Bonchev–Trinajstić information content (AvgIpc) is 2.77. The summed E-state index contributed by atoms with van der Waals surface area (Å²) in [6, 6.07) is 16.2. The lowest BCUT2D eigenvalue weighted by atomic mass is 9.97. The van der Waals surface area contributed by atoms with Crippen LogP contribution in [0.4, 0.5) is 8.78 Å². The fourth-order valence-corrected chi connectivity index (χ4v) is 3.42. The van der Waals surface area contributed by atoms with Crippen LogP contribution in [0.3, 0.4) is 0 Å². The normalized spacial score (nSPS) is 11.8. The Bertz CT molecular complexity index is 1050. The molecule has 1 heterocycles. The SMILES string of the molecule is C[C@@H](CCCc1cccnc1)NC(=O)/C=C/C=C(c1cccc(F)c1)c1cccc(F)c1. The molecule has 0 aliphatic heterocycles. The summed E-state index contributed by atoms with van der Waals surface area (Å²) < 4.78 is 27.5. The number of nitrogens with zero attached hydrogens (tertiary/aromatic N) is 1. The molecule has 32 heavy (non-hydrogen) atoms. The molecule has 0 aliphatic rings. The van der Waals surface area contributed by atoms with Crippen molar-refractivity contribution in [1.29, 1.82) is 0 Å². The zero-order chi connectivity index (χ0) is 22.8. The monoisotopic (exact) mass is 432 g/mol. The highest BCUT2D eigenvalue weighted by atomic mass is 19.1. The Hall–Kier alpha value is -3.60. The van der Waals surface area contributed by atoms with Crippen molar-refractivity contribution >= 4 is 11.5 Å². The third-order valence-electron chi connectivity index (χ3n) is 5.00. The third-order valence-corrected chi connectivity index (χ3v) is 5.00. The van der Waals surface area contributed by atoms with Crippen molar-refractivity contribution in [1.82, 2.24) is 10.3 Å². The van der Waals surface area contributed by atoms with E-state index in [0.717, 1.165) is 19.3 Å². The van der Waals surface area contributed by atoms with Gasteiger partial charge >= 0.3 is 0 Å². The minimum atomic E-state index is -0.383. The maximum Gasteiger partial charge on any atom is 0.244 e. The number of halogens is 2. The first kappa shape index (κ1) is 23.1. The third kappa shape index (κ3) is 7.27. The Morgan fingerprint density at radius 2 is 1.72 bits per heavy atom. The van der Waals surface area contributed by atoms with Crippen molar-refractivity contribution in [3.05, 3.63) is 120 Å². The molecule has 5 heteroatoms. The van der Waals surface area contributed by atoms with Gasteiger partial charge in [0.15, 0.2) is 0 Å². The van der Waals surface area contributed by atoms with E-state index in [1.165, 1.54) is 35.9 Å². The second kappa shape index (κ2) is 11.7. The molecule has 0 unspecified atom stereocenters. The second-order valence-electron chi connectivity index (χ2n) is 7.62. The largest absolute Gasteiger partial charge is 0.350 e. The van der Waals surface area contributed by atoms with Crippen molar-refractivity contribution in [3.63, 3.8) is 0 Å². The van der Waals surface area contributed by atoms with E-state index in [0.29, 0.717) is 16.7 Å². The number of nitrogens with one attached hydrogen (secondary N) is 1. The van der Waals surface area contributed by atoms with Crippen LogP contribution in [0.15, 0.2) is 91.3 Å². The number of rotatable bonds is 9. The number of aryl methyl sites for hydroxylation is 1. The fourth-order valence-electron chi connectivity index (χ4n) is 3.42. The van der Waals surface area contributed by atoms with Gasteiger partial charge in [-0.1, -0.05) is 42.5 Å². The zero-order valence-corrected chi connectivity index (χ0v) is 18.0. The molecule has 0 aliphatic carbocycles. The molecule has 3 nitrogen and oxygen atoms in total. The van der Waals surface area contributed by atoms with Gasteiger partial charge in [0.05, 0.1) is 0 Å². The smallest absolute Gasteiger partial charge is 0.244 e. The second-order valence-corrected chi connectivity index (χ2v) is 7.62. The highest BCUT2D eigenvalue weighted by Crippen LogP contribution is 2.24. The van der Waals surface area contributed by atoms with Gasteiger partial charge in [0, 0.05) is 24.5 Å². The van der Waals surface area contributed by atoms with Crippen molar-refractivity contribution in [2.24, 2.45) is 0 Å².